The quantitative estimate of drug-likeness (QED) is 0.748. The number of benzene rings is 1. The van der Waals surface area contributed by atoms with Gasteiger partial charge in [-0.05, 0) is 32.2 Å². The van der Waals surface area contributed by atoms with E-state index in [0.29, 0.717) is 17.3 Å². The third-order valence-corrected chi connectivity index (χ3v) is 3.46. The molecule has 1 amide bonds. The molecule has 0 radical (unpaired) electrons. The van der Waals surface area contributed by atoms with E-state index in [1.807, 2.05) is 6.07 Å². The summed E-state index contributed by atoms with van der Waals surface area (Å²) in [5.41, 5.74) is 12.9. The number of amides is 1. The van der Waals surface area contributed by atoms with Crippen LogP contribution in [-0.2, 0) is 0 Å². The third kappa shape index (κ3) is 2.41. The molecule has 0 bridgehead atoms. The summed E-state index contributed by atoms with van der Waals surface area (Å²) in [6.07, 6.45) is 0. The number of nitrogens with two attached hydrogens (primary N) is 2. The highest BCUT2D eigenvalue weighted by atomic mass is 16.1. The lowest BCUT2D eigenvalue weighted by Crippen LogP contribution is -2.50. The van der Waals surface area contributed by atoms with Gasteiger partial charge in [0.2, 0.25) is 0 Å². The van der Waals surface area contributed by atoms with Gasteiger partial charge in [-0.25, -0.2) is 0 Å². The fourth-order valence-electron chi connectivity index (χ4n) is 2.46. The second-order valence-corrected chi connectivity index (χ2v) is 4.94. The van der Waals surface area contributed by atoms with Gasteiger partial charge in [-0.2, -0.15) is 0 Å². The maximum Gasteiger partial charge on any atom is 0.250 e. The first-order chi connectivity index (χ1) is 8.49. The summed E-state index contributed by atoms with van der Waals surface area (Å²) in [5, 5.41) is 0. The molecule has 18 heavy (non-hydrogen) atoms. The lowest BCUT2D eigenvalue weighted by atomic mass is 10.1. The molecule has 1 aliphatic rings. The molecule has 1 atom stereocenters. The van der Waals surface area contributed by atoms with E-state index in [4.69, 9.17) is 11.5 Å². The van der Waals surface area contributed by atoms with Gasteiger partial charge in [-0.1, -0.05) is 0 Å². The molecule has 1 saturated heterocycles. The van der Waals surface area contributed by atoms with Crippen molar-refractivity contribution < 1.29 is 4.79 Å². The van der Waals surface area contributed by atoms with Crippen LogP contribution < -0.4 is 16.4 Å². The molecule has 98 valence electrons. The topological polar surface area (TPSA) is 75.6 Å². The van der Waals surface area contributed by atoms with Crippen LogP contribution in [0, 0.1) is 0 Å². The molecular weight excluding hydrogens is 228 g/mol. The summed E-state index contributed by atoms with van der Waals surface area (Å²) in [5.74, 6) is -0.476. The minimum Gasteiger partial charge on any atom is -0.398 e. The molecule has 0 aliphatic carbocycles. The van der Waals surface area contributed by atoms with Gasteiger partial charge in [0.1, 0.15) is 0 Å². The number of carbonyl (C=O) groups excluding carboxylic acids is 1. The molecule has 1 aromatic carbocycles. The van der Waals surface area contributed by atoms with Crippen LogP contribution in [0.4, 0.5) is 11.4 Å². The number of anilines is 2. The number of hydrogen-bond acceptors (Lipinski definition) is 4. The molecular formula is C13H20N4O. The molecule has 5 heteroatoms. The van der Waals surface area contributed by atoms with Gasteiger partial charge in [0.05, 0.1) is 5.56 Å². The summed E-state index contributed by atoms with van der Waals surface area (Å²) in [6, 6.07) is 5.90. The third-order valence-electron chi connectivity index (χ3n) is 3.46. The molecule has 1 aromatic rings. The fraction of sp³-hybridized carbons (Fsp3) is 0.462. The lowest BCUT2D eigenvalue weighted by molar-refractivity contribution is 0.100. The average molecular weight is 248 g/mol. The first kappa shape index (κ1) is 12.7. The maximum atomic E-state index is 11.3. The van der Waals surface area contributed by atoms with E-state index >= 15 is 0 Å². The number of primary amides is 1. The fourth-order valence-corrected chi connectivity index (χ4v) is 2.46. The van der Waals surface area contributed by atoms with E-state index in [2.05, 4.69) is 23.8 Å². The Labute approximate surface area is 107 Å². The SMILES string of the molecule is C[C@H]1CN(C)CCN1c1ccc(N)c(C(N)=O)c1. The van der Waals surface area contributed by atoms with Crippen LogP contribution in [0.1, 0.15) is 17.3 Å². The van der Waals surface area contributed by atoms with Crippen LogP contribution in [0.5, 0.6) is 0 Å². The second kappa shape index (κ2) is 4.86. The number of likely N-dealkylation sites (N-methyl/N-ethyl adjacent to an activating group) is 1. The van der Waals surface area contributed by atoms with Crippen molar-refractivity contribution in [2.75, 3.05) is 37.3 Å². The Bertz CT molecular complexity index is 460. The van der Waals surface area contributed by atoms with Crippen LogP contribution in [0.15, 0.2) is 18.2 Å². The minimum absolute atomic E-state index is 0.402. The molecule has 1 aliphatic heterocycles. The zero-order valence-electron chi connectivity index (χ0n) is 10.9. The highest BCUT2D eigenvalue weighted by Gasteiger charge is 2.22. The first-order valence-electron chi connectivity index (χ1n) is 6.13. The minimum atomic E-state index is -0.476. The summed E-state index contributed by atoms with van der Waals surface area (Å²) in [4.78, 5) is 15.9. The smallest absolute Gasteiger partial charge is 0.250 e. The van der Waals surface area contributed by atoms with Gasteiger partial charge in [0, 0.05) is 37.1 Å². The Balaban J connectivity index is 2.28. The molecule has 1 fully saturated rings. The van der Waals surface area contributed by atoms with E-state index in [1.165, 1.54) is 0 Å². The molecule has 0 saturated carbocycles. The molecule has 2 rings (SSSR count). The maximum absolute atomic E-state index is 11.3. The van der Waals surface area contributed by atoms with Crippen LogP contribution in [-0.4, -0.2) is 43.5 Å². The van der Waals surface area contributed by atoms with Gasteiger partial charge >= 0.3 is 0 Å². The highest BCUT2D eigenvalue weighted by Crippen LogP contribution is 2.24. The van der Waals surface area contributed by atoms with Crippen LogP contribution in [0.25, 0.3) is 0 Å². The number of piperazine rings is 1. The van der Waals surface area contributed by atoms with E-state index < -0.39 is 5.91 Å². The van der Waals surface area contributed by atoms with Crippen molar-refractivity contribution in [2.45, 2.75) is 13.0 Å². The van der Waals surface area contributed by atoms with Gasteiger partial charge < -0.3 is 21.3 Å². The average Bonchev–Trinajstić information content (AvgIpc) is 2.30. The second-order valence-electron chi connectivity index (χ2n) is 4.94. The van der Waals surface area contributed by atoms with Gasteiger partial charge in [-0.3, -0.25) is 4.79 Å². The number of nitrogens with zero attached hydrogens (tertiary/aromatic N) is 2. The number of hydrogen-bond donors (Lipinski definition) is 2. The zero-order chi connectivity index (χ0) is 13.3. The lowest BCUT2D eigenvalue weighted by Gasteiger charge is -2.40. The Morgan fingerprint density at radius 2 is 2.11 bits per heavy atom. The van der Waals surface area contributed by atoms with Crippen molar-refractivity contribution >= 4 is 17.3 Å². The highest BCUT2D eigenvalue weighted by molar-refractivity contribution is 5.99. The Hall–Kier alpha value is -1.75. The van der Waals surface area contributed by atoms with Crippen LogP contribution in [0.3, 0.4) is 0 Å². The zero-order valence-corrected chi connectivity index (χ0v) is 10.9. The molecule has 0 unspecified atom stereocenters. The number of nitrogen functional groups attached to an aromatic ring is 1. The number of rotatable bonds is 2. The monoisotopic (exact) mass is 248 g/mol. The van der Waals surface area contributed by atoms with E-state index in [1.54, 1.807) is 12.1 Å². The van der Waals surface area contributed by atoms with Gasteiger partial charge in [0.15, 0.2) is 0 Å². The van der Waals surface area contributed by atoms with Gasteiger partial charge in [0.25, 0.3) is 5.91 Å². The molecule has 0 spiro atoms. The predicted octanol–water partition coefficient (Wildman–Crippen LogP) is 0.508. The summed E-state index contributed by atoms with van der Waals surface area (Å²) < 4.78 is 0. The summed E-state index contributed by atoms with van der Waals surface area (Å²) in [6.45, 7) is 5.15. The largest absolute Gasteiger partial charge is 0.398 e. The van der Waals surface area contributed by atoms with Crippen molar-refractivity contribution in [3.05, 3.63) is 23.8 Å². The predicted molar refractivity (Wildman–Crippen MR) is 73.7 cm³/mol. The molecule has 5 nitrogen and oxygen atoms in total. The van der Waals surface area contributed by atoms with E-state index in [0.717, 1.165) is 25.3 Å². The Morgan fingerprint density at radius 3 is 2.72 bits per heavy atom. The Kier molecular flexibility index (Phi) is 3.43. The summed E-state index contributed by atoms with van der Waals surface area (Å²) in [7, 11) is 2.12. The van der Waals surface area contributed by atoms with Crippen molar-refractivity contribution in [3.8, 4) is 0 Å². The summed E-state index contributed by atoms with van der Waals surface area (Å²) >= 11 is 0. The van der Waals surface area contributed by atoms with E-state index in [9.17, 15) is 4.79 Å². The molecule has 4 N–H and O–H groups in total. The normalized spacial score (nSPS) is 21.0. The molecule has 0 aromatic heterocycles. The molecule has 1 heterocycles. The van der Waals surface area contributed by atoms with Crippen LogP contribution in [0.2, 0.25) is 0 Å². The van der Waals surface area contributed by atoms with Crippen molar-refractivity contribution in [2.24, 2.45) is 5.73 Å². The van der Waals surface area contributed by atoms with Crippen molar-refractivity contribution in [1.29, 1.82) is 0 Å². The van der Waals surface area contributed by atoms with E-state index in [-0.39, 0.29) is 0 Å². The number of carbonyl (C=O) groups is 1. The Morgan fingerprint density at radius 1 is 1.39 bits per heavy atom. The first-order valence-corrected chi connectivity index (χ1v) is 6.13. The van der Waals surface area contributed by atoms with Crippen molar-refractivity contribution in [3.63, 3.8) is 0 Å². The van der Waals surface area contributed by atoms with Gasteiger partial charge in [-0.15, -0.1) is 0 Å². The standard InChI is InChI=1S/C13H20N4O/c1-9-8-16(2)5-6-17(9)10-3-4-12(14)11(7-10)13(15)18/h3-4,7,9H,5-6,8,14H2,1-2H3,(H2,15,18)/t9-/m0/s1. The van der Waals surface area contributed by atoms with Crippen LogP contribution >= 0.6 is 0 Å². The van der Waals surface area contributed by atoms with Crippen molar-refractivity contribution in [1.82, 2.24) is 4.90 Å².